The first-order valence-corrected chi connectivity index (χ1v) is 3.46. The summed E-state index contributed by atoms with van der Waals surface area (Å²) in [5.74, 6) is -2.49. The van der Waals surface area contributed by atoms with Gasteiger partial charge in [0.2, 0.25) is 0 Å². The van der Waals surface area contributed by atoms with E-state index in [1.165, 1.54) is 0 Å². The Morgan fingerprint density at radius 3 is 1.55 bits per heavy atom. The number of carbonyl (C=O) groups is 2. The minimum atomic E-state index is -1.69. The number of hydrogen-bond acceptors (Lipinski definition) is 7. The summed E-state index contributed by atoms with van der Waals surface area (Å²) in [5.41, 5.74) is -3.38. The second-order valence-electron chi connectivity index (χ2n) is 1.49. The Hall–Kier alpha value is -0.240. The number of ether oxygens (including phenoxy) is 1. The van der Waals surface area contributed by atoms with Crippen LogP contribution in [-0.2, 0) is 14.3 Å². The first-order chi connectivity index (χ1) is 4.95. The molecular weight excluding hydrogens is 192 g/mol. The normalized spacial score (nSPS) is 15.3. The molecule has 0 aliphatic rings. The summed E-state index contributed by atoms with van der Waals surface area (Å²) in [6, 6.07) is 0. The van der Waals surface area contributed by atoms with Gasteiger partial charge in [0.1, 0.15) is 0 Å². The van der Waals surface area contributed by atoms with Crippen LogP contribution in [0.2, 0.25) is 0 Å². The van der Waals surface area contributed by atoms with Gasteiger partial charge < -0.3 is 14.9 Å². The Kier molecular flexibility index (Phi) is 4.50. The molecule has 0 heterocycles. The molecular formula is C4H6O5S2. The third-order valence-corrected chi connectivity index (χ3v) is 1.04. The molecule has 0 aliphatic heterocycles. The topological polar surface area (TPSA) is 83.8 Å². The molecule has 0 aromatic heterocycles. The van der Waals surface area contributed by atoms with Gasteiger partial charge in [-0.3, -0.25) is 0 Å². The van der Waals surface area contributed by atoms with Gasteiger partial charge in [-0.1, -0.05) is 0 Å². The molecule has 64 valence electrons. The van der Waals surface area contributed by atoms with Crippen LogP contribution in [0.4, 0.5) is 0 Å². The van der Waals surface area contributed by atoms with Crippen molar-refractivity contribution in [3.8, 4) is 0 Å². The van der Waals surface area contributed by atoms with Gasteiger partial charge in [-0.25, -0.2) is 9.59 Å². The molecule has 5 nitrogen and oxygen atoms in total. The van der Waals surface area contributed by atoms with E-state index in [-0.39, 0.29) is 0 Å². The number of aliphatic hydroxyl groups excluding tert-OH is 2. The smallest absolute Gasteiger partial charge is 0.353 e. The lowest BCUT2D eigenvalue weighted by Gasteiger charge is -2.04. The number of carbonyl (C=O) groups excluding carboxylic acids is 2. The van der Waals surface area contributed by atoms with Crippen LogP contribution in [0.15, 0.2) is 0 Å². The van der Waals surface area contributed by atoms with E-state index in [0.29, 0.717) is 0 Å². The molecule has 0 aromatic rings. The summed E-state index contributed by atoms with van der Waals surface area (Å²) in [6.45, 7) is 0. The number of hydrogen-bond donors (Lipinski definition) is 4. The van der Waals surface area contributed by atoms with Crippen LogP contribution >= 0.6 is 25.3 Å². The molecule has 0 saturated heterocycles. The zero-order chi connectivity index (χ0) is 9.02. The largest absolute Gasteiger partial charge is 0.388 e. The highest BCUT2D eigenvalue weighted by molar-refractivity contribution is 7.81. The maximum atomic E-state index is 10.3. The highest BCUT2D eigenvalue weighted by Crippen LogP contribution is 1.97. The molecule has 0 aliphatic carbocycles. The van der Waals surface area contributed by atoms with Crippen molar-refractivity contribution in [2.75, 3.05) is 0 Å². The van der Waals surface area contributed by atoms with E-state index in [1.807, 2.05) is 0 Å². The third kappa shape index (κ3) is 4.25. The first-order valence-electron chi connectivity index (χ1n) is 2.43. The number of thiol groups is 2. The Labute approximate surface area is 73.2 Å². The second kappa shape index (κ2) is 4.60. The molecule has 0 spiro atoms. The van der Waals surface area contributed by atoms with Crippen molar-refractivity contribution in [3.05, 3.63) is 0 Å². The average Bonchev–Trinajstić information content (AvgIpc) is 1.87. The van der Waals surface area contributed by atoms with E-state index in [9.17, 15) is 9.59 Å². The van der Waals surface area contributed by atoms with Crippen LogP contribution in [0, 0.1) is 0 Å². The molecule has 2 atom stereocenters. The first kappa shape index (κ1) is 10.8. The lowest BCUT2D eigenvalue weighted by molar-refractivity contribution is -0.165. The van der Waals surface area contributed by atoms with Crippen molar-refractivity contribution in [2.24, 2.45) is 0 Å². The van der Waals surface area contributed by atoms with E-state index >= 15 is 0 Å². The lowest BCUT2D eigenvalue weighted by atomic mass is 10.7. The van der Waals surface area contributed by atoms with E-state index in [4.69, 9.17) is 10.2 Å². The Morgan fingerprint density at radius 1 is 1.09 bits per heavy atom. The minimum absolute atomic E-state index is 1.24. The Balaban J connectivity index is 3.86. The quantitative estimate of drug-likeness (QED) is 0.189. The second-order valence-corrected chi connectivity index (χ2v) is 2.47. The van der Waals surface area contributed by atoms with Crippen LogP contribution in [0.3, 0.4) is 0 Å². The van der Waals surface area contributed by atoms with Gasteiger partial charge in [0.05, 0.1) is 0 Å². The summed E-state index contributed by atoms with van der Waals surface area (Å²) in [4.78, 5) is 20.7. The van der Waals surface area contributed by atoms with Crippen LogP contribution in [0.25, 0.3) is 0 Å². The summed E-state index contributed by atoms with van der Waals surface area (Å²) in [6.07, 6.45) is 0. The van der Waals surface area contributed by atoms with Crippen molar-refractivity contribution in [2.45, 2.75) is 10.9 Å². The van der Waals surface area contributed by atoms with Gasteiger partial charge in [-0.2, -0.15) is 0 Å². The molecule has 0 amide bonds. The summed E-state index contributed by atoms with van der Waals surface area (Å²) >= 11 is 6.52. The zero-order valence-electron chi connectivity index (χ0n) is 5.17. The molecule has 7 heteroatoms. The Morgan fingerprint density at radius 2 is 1.36 bits per heavy atom. The van der Waals surface area contributed by atoms with Crippen molar-refractivity contribution >= 4 is 37.2 Å². The van der Waals surface area contributed by atoms with Gasteiger partial charge in [0, 0.05) is 0 Å². The maximum Gasteiger partial charge on any atom is 0.353 e. The standard InChI is InChI=1S/C4H6O5S2/c5-1(3(7)10)9-2(6)4(8)11/h3-4,7-8,10-11H. The molecule has 11 heavy (non-hydrogen) atoms. The third-order valence-electron chi connectivity index (χ3n) is 0.623. The number of esters is 2. The molecule has 0 rings (SSSR count). The summed E-state index contributed by atoms with van der Waals surface area (Å²) in [5, 5.41) is 16.8. The fourth-order valence-corrected chi connectivity index (χ4v) is 0.310. The van der Waals surface area contributed by atoms with Crippen LogP contribution in [-0.4, -0.2) is 33.0 Å². The molecule has 0 saturated carbocycles. The van der Waals surface area contributed by atoms with Gasteiger partial charge in [-0.05, 0) is 0 Å². The highest BCUT2D eigenvalue weighted by Gasteiger charge is 2.19. The van der Waals surface area contributed by atoms with E-state index in [2.05, 4.69) is 30.0 Å². The van der Waals surface area contributed by atoms with Crippen LogP contribution < -0.4 is 0 Å². The van der Waals surface area contributed by atoms with Gasteiger partial charge in [0.25, 0.3) is 0 Å². The predicted octanol–water partition coefficient (Wildman–Crippen LogP) is -1.45. The van der Waals surface area contributed by atoms with Crippen molar-refractivity contribution in [3.63, 3.8) is 0 Å². The van der Waals surface area contributed by atoms with Gasteiger partial charge >= 0.3 is 11.9 Å². The molecule has 2 unspecified atom stereocenters. The molecule has 0 bridgehead atoms. The van der Waals surface area contributed by atoms with E-state index in [1.54, 1.807) is 0 Å². The van der Waals surface area contributed by atoms with Crippen molar-refractivity contribution < 1.29 is 24.5 Å². The fourth-order valence-electron chi connectivity index (χ4n) is 0.205. The fraction of sp³-hybridized carbons (Fsp3) is 0.500. The number of aliphatic hydroxyl groups is 2. The SMILES string of the molecule is O=C(OC(=O)C(O)S)C(O)S. The highest BCUT2D eigenvalue weighted by atomic mass is 32.1. The van der Waals surface area contributed by atoms with E-state index in [0.717, 1.165) is 0 Å². The lowest BCUT2D eigenvalue weighted by Crippen LogP contribution is -2.26. The Bertz CT molecular complexity index is 148. The average molecular weight is 198 g/mol. The summed E-state index contributed by atoms with van der Waals surface area (Å²) < 4.78 is 3.84. The monoisotopic (exact) mass is 198 g/mol. The van der Waals surface area contributed by atoms with Gasteiger partial charge in [0.15, 0.2) is 10.9 Å². The van der Waals surface area contributed by atoms with Crippen LogP contribution in [0.5, 0.6) is 0 Å². The molecule has 0 radical (unpaired) electrons. The maximum absolute atomic E-state index is 10.3. The minimum Gasteiger partial charge on any atom is -0.388 e. The molecule has 2 N–H and O–H groups in total. The molecule has 0 aromatic carbocycles. The summed E-state index contributed by atoms with van der Waals surface area (Å²) in [7, 11) is 0. The molecule has 0 fully saturated rings. The number of rotatable bonds is 2. The predicted molar refractivity (Wildman–Crippen MR) is 41.1 cm³/mol. The van der Waals surface area contributed by atoms with Crippen LogP contribution in [0.1, 0.15) is 0 Å². The van der Waals surface area contributed by atoms with Gasteiger partial charge in [-0.15, -0.1) is 25.3 Å². The van der Waals surface area contributed by atoms with Crippen molar-refractivity contribution in [1.82, 2.24) is 0 Å². The van der Waals surface area contributed by atoms with Crippen molar-refractivity contribution in [1.29, 1.82) is 0 Å². The zero-order valence-corrected chi connectivity index (χ0v) is 6.96. The van der Waals surface area contributed by atoms with E-state index < -0.39 is 22.8 Å².